The van der Waals surface area contributed by atoms with Crippen LogP contribution >= 0.6 is 11.6 Å². The zero-order valence-electron chi connectivity index (χ0n) is 14.7. The molecule has 0 bridgehead atoms. The van der Waals surface area contributed by atoms with Gasteiger partial charge in [-0.3, -0.25) is 4.79 Å². The van der Waals surface area contributed by atoms with E-state index in [-0.39, 0.29) is 11.8 Å². The minimum absolute atomic E-state index is 0.0509. The summed E-state index contributed by atoms with van der Waals surface area (Å²) in [7, 11) is 0. The zero-order chi connectivity index (χ0) is 18.3. The van der Waals surface area contributed by atoms with Gasteiger partial charge in [-0.1, -0.05) is 35.9 Å². The molecule has 2 heterocycles. The number of carbonyl (C=O) groups excluding carboxylic acids is 1. The maximum absolute atomic E-state index is 12.7. The number of fused-ring (bicyclic) bond motifs is 1. The Morgan fingerprint density at radius 2 is 2.12 bits per heavy atom. The van der Waals surface area contributed by atoms with Gasteiger partial charge in [0.2, 0.25) is 5.91 Å². The third kappa shape index (κ3) is 2.80. The first-order valence-corrected chi connectivity index (χ1v) is 9.09. The van der Waals surface area contributed by atoms with Crippen molar-refractivity contribution in [3.8, 4) is 0 Å². The Bertz CT molecular complexity index is 1010. The van der Waals surface area contributed by atoms with Crippen molar-refractivity contribution in [2.75, 3.05) is 11.4 Å². The lowest BCUT2D eigenvalue weighted by Crippen LogP contribution is -2.24. The average molecular weight is 366 g/mol. The SMILES string of the molecule is C=CCn1c([C@H]2CC(=O)N(c3ccc(C)c(Cl)c3)C2)nc2ccccc21. The van der Waals surface area contributed by atoms with E-state index in [0.29, 0.717) is 24.5 Å². The highest BCUT2D eigenvalue weighted by Gasteiger charge is 2.34. The van der Waals surface area contributed by atoms with Gasteiger partial charge in [0.1, 0.15) is 5.82 Å². The van der Waals surface area contributed by atoms with Crippen LogP contribution in [0, 0.1) is 6.92 Å². The third-order valence-electron chi connectivity index (χ3n) is 4.95. The Morgan fingerprint density at radius 1 is 1.31 bits per heavy atom. The minimum Gasteiger partial charge on any atom is -0.324 e. The van der Waals surface area contributed by atoms with Crippen LogP contribution in [0.15, 0.2) is 55.1 Å². The number of halogens is 1. The fourth-order valence-electron chi connectivity index (χ4n) is 3.61. The van der Waals surface area contributed by atoms with Crippen molar-refractivity contribution >= 4 is 34.2 Å². The first kappa shape index (κ1) is 16.9. The van der Waals surface area contributed by atoms with Crippen molar-refractivity contribution in [3.63, 3.8) is 0 Å². The smallest absolute Gasteiger partial charge is 0.227 e. The second kappa shape index (κ2) is 6.61. The summed E-state index contributed by atoms with van der Waals surface area (Å²) in [6.45, 7) is 7.11. The number of aromatic nitrogens is 2. The molecule has 1 saturated heterocycles. The Balaban J connectivity index is 1.70. The summed E-state index contributed by atoms with van der Waals surface area (Å²) >= 11 is 6.25. The van der Waals surface area contributed by atoms with Crippen LogP contribution < -0.4 is 4.90 Å². The third-order valence-corrected chi connectivity index (χ3v) is 5.36. The number of amides is 1. The molecule has 0 spiro atoms. The predicted octanol–water partition coefficient (Wildman–Crippen LogP) is 4.70. The van der Waals surface area contributed by atoms with Gasteiger partial charge in [0, 0.05) is 36.1 Å². The number of allylic oxidation sites excluding steroid dienone is 1. The van der Waals surface area contributed by atoms with Crippen LogP contribution in [0.4, 0.5) is 5.69 Å². The fraction of sp³-hybridized carbons (Fsp3) is 0.238. The zero-order valence-corrected chi connectivity index (χ0v) is 15.4. The second-order valence-corrected chi connectivity index (χ2v) is 7.10. The van der Waals surface area contributed by atoms with Crippen molar-refractivity contribution in [1.82, 2.24) is 9.55 Å². The highest BCUT2D eigenvalue weighted by atomic mass is 35.5. The average Bonchev–Trinajstić information content (AvgIpc) is 3.19. The number of nitrogens with zero attached hydrogens (tertiary/aromatic N) is 3. The molecule has 2 aromatic carbocycles. The first-order chi connectivity index (χ1) is 12.6. The van der Waals surface area contributed by atoms with Gasteiger partial charge in [-0.2, -0.15) is 0 Å². The lowest BCUT2D eigenvalue weighted by Gasteiger charge is -2.18. The first-order valence-electron chi connectivity index (χ1n) is 8.71. The highest BCUT2D eigenvalue weighted by molar-refractivity contribution is 6.31. The molecule has 1 amide bonds. The normalized spacial score (nSPS) is 17.2. The summed E-state index contributed by atoms with van der Waals surface area (Å²) < 4.78 is 2.16. The quantitative estimate of drug-likeness (QED) is 0.628. The second-order valence-electron chi connectivity index (χ2n) is 6.70. The summed E-state index contributed by atoms with van der Waals surface area (Å²) in [6, 6.07) is 13.8. The van der Waals surface area contributed by atoms with Crippen LogP contribution in [0.3, 0.4) is 0 Å². The predicted molar refractivity (Wildman–Crippen MR) is 106 cm³/mol. The number of hydrogen-bond donors (Lipinski definition) is 0. The van der Waals surface area contributed by atoms with Crippen molar-refractivity contribution in [2.24, 2.45) is 0 Å². The standard InChI is InChI=1S/C21H20ClN3O/c1-3-10-24-19-7-5-4-6-18(19)23-21(24)15-11-20(26)25(13-15)16-9-8-14(2)17(22)12-16/h3-9,12,15H,1,10-11,13H2,2H3/t15-/m0/s1. The molecule has 1 aromatic heterocycles. The summed E-state index contributed by atoms with van der Waals surface area (Å²) in [4.78, 5) is 19.3. The summed E-state index contributed by atoms with van der Waals surface area (Å²) in [5.74, 6) is 1.10. The van der Waals surface area contributed by atoms with Gasteiger partial charge >= 0.3 is 0 Å². The van der Waals surface area contributed by atoms with E-state index in [9.17, 15) is 4.79 Å². The van der Waals surface area contributed by atoms with Crippen molar-refractivity contribution < 1.29 is 4.79 Å². The molecule has 0 N–H and O–H groups in total. The number of hydrogen-bond acceptors (Lipinski definition) is 2. The van der Waals surface area contributed by atoms with Crippen LogP contribution in [-0.4, -0.2) is 22.0 Å². The van der Waals surface area contributed by atoms with E-state index in [2.05, 4.69) is 17.2 Å². The molecule has 3 aromatic rings. The monoisotopic (exact) mass is 365 g/mol. The molecule has 0 saturated carbocycles. The van der Waals surface area contributed by atoms with E-state index >= 15 is 0 Å². The fourth-order valence-corrected chi connectivity index (χ4v) is 3.78. The largest absolute Gasteiger partial charge is 0.324 e. The molecule has 4 nitrogen and oxygen atoms in total. The molecule has 26 heavy (non-hydrogen) atoms. The van der Waals surface area contributed by atoms with Gasteiger partial charge in [-0.05, 0) is 36.8 Å². The maximum atomic E-state index is 12.7. The maximum Gasteiger partial charge on any atom is 0.227 e. The Hall–Kier alpha value is -2.59. The number of para-hydroxylation sites is 2. The van der Waals surface area contributed by atoms with Gasteiger partial charge in [0.05, 0.1) is 11.0 Å². The number of rotatable bonds is 4. The Labute approximate surface area is 157 Å². The van der Waals surface area contributed by atoms with E-state index in [1.54, 1.807) is 0 Å². The lowest BCUT2D eigenvalue weighted by molar-refractivity contribution is -0.117. The molecule has 4 rings (SSSR count). The molecule has 1 aliphatic heterocycles. The minimum atomic E-state index is 0.0509. The molecular weight excluding hydrogens is 346 g/mol. The van der Waals surface area contributed by atoms with Gasteiger partial charge in [-0.25, -0.2) is 4.98 Å². The number of anilines is 1. The summed E-state index contributed by atoms with van der Waals surface area (Å²) in [5.41, 5.74) is 3.88. The van der Waals surface area contributed by atoms with Gasteiger partial charge in [0.25, 0.3) is 0 Å². The van der Waals surface area contributed by atoms with Gasteiger partial charge < -0.3 is 9.47 Å². The Morgan fingerprint density at radius 3 is 2.88 bits per heavy atom. The van der Waals surface area contributed by atoms with Crippen LogP contribution in [0.2, 0.25) is 5.02 Å². The van der Waals surface area contributed by atoms with Gasteiger partial charge in [0.15, 0.2) is 0 Å². The van der Waals surface area contributed by atoms with Gasteiger partial charge in [-0.15, -0.1) is 6.58 Å². The van der Waals surface area contributed by atoms with Crippen molar-refractivity contribution in [2.45, 2.75) is 25.8 Å². The number of aryl methyl sites for hydroxylation is 1. The summed E-state index contributed by atoms with van der Waals surface area (Å²) in [5, 5.41) is 0.678. The van der Waals surface area contributed by atoms with E-state index < -0.39 is 0 Å². The van der Waals surface area contributed by atoms with E-state index in [0.717, 1.165) is 28.1 Å². The molecule has 1 aliphatic rings. The van der Waals surface area contributed by atoms with Crippen LogP contribution in [0.1, 0.15) is 23.7 Å². The highest BCUT2D eigenvalue weighted by Crippen LogP contribution is 2.34. The molecule has 0 radical (unpaired) electrons. The summed E-state index contributed by atoms with van der Waals surface area (Å²) in [6.07, 6.45) is 2.32. The van der Waals surface area contributed by atoms with Crippen molar-refractivity contribution in [1.29, 1.82) is 0 Å². The molecular formula is C21H20ClN3O. The van der Waals surface area contributed by atoms with E-state index in [1.807, 2.05) is 54.3 Å². The molecule has 1 fully saturated rings. The van der Waals surface area contributed by atoms with Crippen molar-refractivity contribution in [3.05, 3.63) is 71.5 Å². The number of carbonyl (C=O) groups is 1. The molecule has 0 aliphatic carbocycles. The number of imidazole rings is 1. The van der Waals surface area contributed by atoms with E-state index in [4.69, 9.17) is 16.6 Å². The van der Waals surface area contributed by atoms with Crippen LogP contribution in [0.25, 0.3) is 11.0 Å². The molecule has 0 unspecified atom stereocenters. The Kier molecular flexibility index (Phi) is 4.29. The molecule has 1 atom stereocenters. The number of benzene rings is 2. The topological polar surface area (TPSA) is 38.1 Å². The van der Waals surface area contributed by atoms with Crippen LogP contribution in [0.5, 0.6) is 0 Å². The molecule has 5 heteroatoms. The van der Waals surface area contributed by atoms with E-state index in [1.165, 1.54) is 0 Å². The van der Waals surface area contributed by atoms with Crippen LogP contribution in [-0.2, 0) is 11.3 Å². The molecule has 132 valence electrons. The lowest BCUT2D eigenvalue weighted by atomic mass is 10.1.